The summed E-state index contributed by atoms with van der Waals surface area (Å²) < 4.78 is 5.11. The third kappa shape index (κ3) is 6.32. The van der Waals surface area contributed by atoms with Gasteiger partial charge in [-0.2, -0.15) is 0 Å². The van der Waals surface area contributed by atoms with Gasteiger partial charge in [-0.15, -0.1) is 0 Å². The molecule has 0 radical (unpaired) electrons. The zero-order chi connectivity index (χ0) is 20.7. The van der Waals surface area contributed by atoms with Gasteiger partial charge in [-0.25, -0.2) is 4.79 Å². The third-order valence-corrected chi connectivity index (χ3v) is 5.16. The van der Waals surface area contributed by atoms with E-state index in [-0.39, 0.29) is 24.1 Å². The van der Waals surface area contributed by atoms with Gasteiger partial charge in [-0.1, -0.05) is 0 Å². The Morgan fingerprint density at radius 2 is 1.64 bits per heavy atom. The molecule has 1 saturated carbocycles. The lowest BCUT2D eigenvalue weighted by molar-refractivity contribution is -0.121. The number of unbranched alkanes of at least 4 members (excludes halogenated alkanes) is 1. The monoisotopic (exact) mass is 390 g/mol. The van der Waals surface area contributed by atoms with Crippen molar-refractivity contribution in [3.05, 3.63) is 22.3 Å². The second-order valence-electron chi connectivity index (χ2n) is 7.48. The first-order valence-corrected chi connectivity index (χ1v) is 9.98. The van der Waals surface area contributed by atoms with Gasteiger partial charge in [0.05, 0.1) is 6.61 Å². The number of carbonyl (C=O) groups is 4. The predicted molar refractivity (Wildman–Crippen MR) is 105 cm³/mol. The van der Waals surface area contributed by atoms with Crippen LogP contribution in [0.2, 0.25) is 0 Å². The fourth-order valence-corrected chi connectivity index (χ4v) is 3.05. The van der Waals surface area contributed by atoms with Crippen molar-refractivity contribution in [1.29, 1.82) is 0 Å². The maximum Gasteiger partial charge on any atom is 0.407 e. The van der Waals surface area contributed by atoms with E-state index in [1.54, 1.807) is 20.8 Å². The van der Waals surface area contributed by atoms with Crippen LogP contribution in [0.4, 0.5) is 4.79 Å². The van der Waals surface area contributed by atoms with Crippen LogP contribution in [0.3, 0.4) is 0 Å². The summed E-state index contributed by atoms with van der Waals surface area (Å²) >= 11 is 0. The molecule has 2 rings (SSSR count). The molecule has 0 atom stereocenters. The molecular formula is C21H30N2O5. The maximum atomic E-state index is 12.3. The van der Waals surface area contributed by atoms with Gasteiger partial charge in [0.2, 0.25) is 5.91 Å². The van der Waals surface area contributed by atoms with Crippen LogP contribution in [0.1, 0.15) is 65.7 Å². The average Bonchev–Trinajstić information content (AvgIpc) is 3.47. The van der Waals surface area contributed by atoms with Gasteiger partial charge in [0.1, 0.15) is 0 Å². The number of Topliss-reactive ketones (excluding diaryl/α,β-unsaturated/α-hetero) is 2. The third-order valence-electron chi connectivity index (χ3n) is 5.16. The van der Waals surface area contributed by atoms with E-state index >= 15 is 0 Å². The molecule has 154 valence electrons. The summed E-state index contributed by atoms with van der Waals surface area (Å²) in [5.74, 6) is -0.105. The van der Waals surface area contributed by atoms with Gasteiger partial charge >= 0.3 is 6.09 Å². The van der Waals surface area contributed by atoms with E-state index < -0.39 is 6.09 Å². The lowest BCUT2D eigenvalue weighted by atomic mass is 9.84. The number of nitrogens with one attached hydrogen (secondary N) is 2. The number of hydrogen-bond acceptors (Lipinski definition) is 5. The minimum Gasteiger partial charge on any atom is -0.450 e. The van der Waals surface area contributed by atoms with E-state index in [4.69, 9.17) is 4.74 Å². The lowest BCUT2D eigenvalue weighted by Gasteiger charge is -2.18. The zero-order valence-corrected chi connectivity index (χ0v) is 17.0. The molecular weight excluding hydrogens is 360 g/mol. The molecule has 2 aliphatic rings. The first-order chi connectivity index (χ1) is 13.3. The molecule has 0 spiro atoms. The van der Waals surface area contributed by atoms with E-state index in [2.05, 4.69) is 10.6 Å². The van der Waals surface area contributed by atoms with Crippen LogP contribution in [-0.4, -0.2) is 42.8 Å². The molecule has 0 heterocycles. The summed E-state index contributed by atoms with van der Waals surface area (Å²) in [4.78, 5) is 47.6. The fourth-order valence-electron chi connectivity index (χ4n) is 3.05. The number of allylic oxidation sites excluding steroid dienone is 4. The molecule has 0 saturated heterocycles. The largest absolute Gasteiger partial charge is 0.450 e. The molecule has 0 aromatic carbocycles. The van der Waals surface area contributed by atoms with Crippen molar-refractivity contribution in [2.45, 2.75) is 71.8 Å². The number of hydrogen-bond donors (Lipinski definition) is 2. The molecule has 0 bridgehead atoms. The Labute approximate surface area is 166 Å². The van der Waals surface area contributed by atoms with Crippen LogP contribution >= 0.6 is 0 Å². The number of alkyl carbamates (subject to hydrolysis) is 1. The number of carbonyl (C=O) groups excluding carboxylic acids is 4. The topological polar surface area (TPSA) is 102 Å². The van der Waals surface area contributed by atoms with Gasteiger partial charge in [0.25, 0.3) is 0 Å². The zero-order valence-electron chi connectivity index (χ0n) is 17.0. The molecule has 0 aliphatic heterocycles. The van der Waals surface area contributed by atoms with E-state index in [0.29, 0.717) is 67.0 Å². The van der Waals surface area contributed by atoms with E-state index in [1.807, 2.05) is 0 Å². The normalized spacial score (nSPS) is 17.1. The summed E-state index contributed by atoms with van der Waals surface area (Å²) in [6, 6.07) is 0.381. The molecule has 7 heteroatoms. The van der Waals surface area contributed by atoms with Crippen molar-refractivity contribution < 1.29 is 23.9 Å². The summed E-state index contributed by atoms with van der Waals surface area (Å²) in [7, 11) is 0. The Morgan fingerprint density at radius 3 is 2.32 bits per heavy atom. The molecule has 0 aromatic rings. The molecule has 7 nitrogen and oxygen atoms in total. The van der Waals surface area contributed by atoms with Gasteiger partial charge in [-0.3, -0.25) is 14.4 Å². The van der Waals surface area contributed by atoms with Crippen LogP contribution < -0.4 is 10.6 Å². The smallest absolute Gasteiger partial charge is 0.407 e. The second-order valence-corrected chi connectivity index (χ2v) is 7.48. The molecule has 0 unspecified atom stereocenters. The average molecular weight is 390 g/mol. The Hall–Kier alpha value is -2.44. The Balaban J connectivity index is 1.56. The summed E-state index contributed by atoms with van der Waals surface area (Å²) in [6.07, 6.45) is 4.44. The molecule has 28 heavy (non-hydrogen) atoms. The first kappa shape index (κ1) is 21.9. The van der Waals surface area contributed by atoms with E-state index in [1.165, 1.54) is 0 Å². The van der Waals surface area contributed by atoms with Gasteiger partial charge in [0, 0.05) is 41.3 Å². The number of amides is 2. The Bertz CT molecular complexity index is 716. The molecule has 2 N–H and O–H groups in total. The predicted octanol–water partition coefficient (Wildman–Crippen LogP) is 2.75. The Morgan fingerprint density at radius 1 is 0.964 bits per heavy atom. The maximum absolute atomic E-state index is 12.3. The molecule has 0 aromatic heterocycles. The van der Waals surface area contributed by atoms with Crippen molar-refractivity contribution in [3.8, 4) is 0 Å². The fraction of sp³-hybridized carbons (Fsp3) is 0.619. The van der Waals surface area contributed by atoms with Crippen LogP contribution in [0.5, 0.6) is 0 Å². The number of rotatable bonds is 10. The van der Waals surface area contributed by atoms with E-state index in [0.717, 1.165) is 12.8 Å². The van der Waals surface area contributed by atoms with Crippen molar-refractivity contribution in [1.82, 2.24) is 10.6 Å². The molecule has 2 amide bonds. The van der Waals surface area contributed by atoms with Crippen LogP contribution in [-0.2, 0) is 19.1 Å². The van der Waals surface area contributed by atoms with Crippen molar-refractivity contribution >= 4 is 23.6 Å². The second kappa shape index (κ2) is 10.2. The number of ether oxygens (including phenoxy) is 1. The number of ketones is 2. The van der Waals surface area contributed by atoms with Crippen LogP contribution in [0.25, 0.3) is 0 Å². The minimum absolute atomic E-state index is 0.0747. The summed E-state index contributed by atoms with van der Waals surface area (Å²) in [5, 5.41) is 5.58. The highest BCUT2D eigenvalue weighted by atomic mass is 16.5. The van der Waals surface area contributed by atoms with Crippen LogP contribution in [0, 0.1) is 0 Å². The van der Waals surface area contributed by atoms with Crippen LogP contribution in [0.15, 0.2) is 22.3 Å². The van der Waals surface area contributed by atoms with Crippen molar-refractivity contribution in [2.24, 2.45) is 0 Å². The summed E-state index contributed by atoms with van der Waals surface area (Å²) in [5.41, 5.74) is 2.01. The highest BCUT2D eigenvalue weighted by molar-refractivity contribution is 6.24. The first-order valence-electron chi connectivity index (χ1n) is 9.98. The lowest BCUT2D eigenvalue weighted by Crippen LogP contribution is -2.27. The van der Waals surface area contributed by atoms with Gasteiger partial charge in [0.15, 0.2) is 11.6 Å². The molecule has 1 fully saturated rings. The highest BCUT2D eigenvalue weighted by Crippen LogP contribution is 2.26. The SMILES string of the molecule is CC1=C(C)C(=O)C(CCCOC(=O)NCCCCC(=O)NC2CC2)=C(C)C1=O. The summed E-state index contributed by atoms with van der Waals surface area (Å²) in [6.45, 7) is 5.64. The van der Waals surface area contributed by atoms with Crippen molar-refractivity contribution in [3.63, 3.8) is 0 Å². The van der Waals surface area contributed by atoms with Crippen molar-refractivity contribution in [2.75, 3.05) is 13.2 Å². The van der Waals surface area contributed by atoms with E-state index in [9.17, 15) is 19.2 Å². The van der Waals surface area contributed by atoms with Gasteiger partial charge in [-0.05, 0) is 59.3 Å². The Kier molecular flexibility index (Phi) is 7.96. The van der Waals surface area contributed by atoms with Gasteiger partial charge < -0.3 is 15.4 Å². The standard InChI is InChI=1S/C21H30N2O5/c1-13-14(2)20(26)17(15(3)19(13)25)7-6-12-28-21(27)22-11-5-4-8-18(24)23-16-9-10-16/h16H,4-12H2,1-3H3,(H,22,27)(H,23,24). The highest BCUT2D eigenvalue weighted by Gasteiger charge is 2.27. The quantitative estimate of drug-likeness (QED) is 0.441. The molecule has 2 aliphatic carbocycles. The minimum atomic E-state index is -0.508.